The van der Waals surface area contributed by atoms with Gasteiger partial charge in [-0.2, -0.15) is 4.98 Å². The molecular formula is C12H14N2O2S. The maximum atomic E-state index is 11.9. The van der Waals surface area contributed by atoms with Gasteiger partial charge in [-0.3, -0.25) is 0 Å². The molecule has 0 bridgehead atoms. The molecule has 0 aliphatic carbocycles. The first kappa shape index (κ1) is 12.0. The topological polar surface area (TPSA) is 61.0 Å². The fourth-order valence-corrected chi connectivity index (χ4v) is 2.56. The van der Waals surface area contributed by atoms with Gasteiger partial charge >= 0.3 is 5.16 Å². The number of nitrogens with one attached hydrogen (secondary N) is 1. The Morgan fingerprint density at radius 2 is 2.24 bits per heavy atom. The van der Waals surface area contributed by atoms with Crippen LogP contribution < -0.4 is 4.74 Å². The summed E-state index contributed by atoms with van der Waals surface area (Å²) >= 11 is -1.09. The van der Waals surface area contributed by atoms with Gasteiger partial charge in [0.25, 0.3) is 0 Å². The van der Waals surface area contributed by atoms with Gasteiger partial charge in [-0.1, -0.05) is 18.2 Å². The average Bonchev–Trinajstić information content (AvgIpc) is 2.90. The molecule has 0 aliphatic rings. The number of H-pyrrole nitrogens is 1. The molecule has 90 valence electrons. The van der Waals surface area contributed by atoms with E-state index in [1.54, 1.807) is 19.5 Å². The SMILES string of the molecule is COc1ccccc1CC[S+]([O-])c1ncc[nH]1. The standard InChI is InChI=1S/C12H14N2O2S/c1-16-11-5-3-2-4-10(11)6-9-17(15)12-13-7-8-14-12/h2-5,7-8H,6,9H2,1H3,(H,13,14). The molecule has 0 spiro atoms. The maximum Gasteiger partial charge on any atom is 0.320 e. The van der Waals surface area contributed by atoms with Crippen LogP contribution in [0.3, 0.4) is 0 Å². The molecule has 0 aliphatic heterocycles. The lowest BCUT2D eigenvalue weighted by atomic mass is 10.1. The molecule has 1 N–H and O–H groups in total. The van der Waals surface area contributed by atoms with Crippen LogP contribution in [0.25, 0.3) is 0 Å². The van der Waals surface area contributed by atoms with Gasteiger partial charge in [0, 0.05) is 30.0 Å². The van der Waals surface area contributed by atoms with Crippen molar-refractivity contribution in [3.8, 4) is 5.75 Å². The second-order valence-electron chi connectivity index (χ2n) is 3.51. The number of nitrogens with zero attached hydrogens (tertiary/aromatic N) is 1. The smallest absolute Gasteiger partial charge is 0.320 e. The summed E-state index contributed by atoms with van der Waals surface area (Å²) in [5, 5.41) is 0.528. The third-order valence-corrected chi connectivity index (χ3v) is 3.67. The van der Waals surface area contributed by atoms with E-state index in [-0.39, 0.29) is 0 Å². The molecule has 1 unspecified atom stereocenters. The number of imidazole rings is 1. The zero-order valence-electron chi connectivity index (χ0n) is 9.55. The number of benzene rings is 1. The molecule has 1 aromatic heterocycles. The van der Waals surface area contributed by atoms with Gasteiger partial charge in [-0.15, -0.1) is 0 Å². The Morgan fingerprint density at radius 1 is 1.41 bits per heavy atom. The van der Waals surface area contributed by atoms with Crippen molar-refractivity contribution in [2.75, 3.05) is 12.9 Å². The van der Waals surface area contributed by atoms with Crippen molar-refractivity contribution in [1.29, 1.82) is 0 Å². The number of aromatic amines is 1. The van der Waals surface area contributed by atoms with E-state index in [1.807, 2.05) is 24.3 Å². The first-order chi connectivity index (χ1) is 8.31. The van der Waals surface area contributed by atoms with Crippen LogP contribution in [0.15, 0.2) is 41.8 Å². The van der Waals surface area contributed by atoms with Crippen molar-refractivity contribution in [3.05, 3.63) is 42.2 Å². The highest BCUT2D eigenvalue weighted by Gasteiger charge is 2.14. The van der Waals surface area contributed by atoms with Crippen molar-refractivity contribution in [1.82, 2.24) is 9.97 Å². The lowest BCUT2D eigenvalue weighted by molar-refractivity contribution is 0.410. The number of aromatic nitrogens is 2. The third kappa shape index (κ3) is 3.01. The minimum Gasteiger partial charge on any atom is -0.609 e. The van der Waals surface area contributed by atoms with Crippen molar-refractivity contribution in [2.45, 2.75) is 11.6 Å². The summed E-state index contributed by atoms with van der Waals surface area (Å²) in [4.78, 5) is 6.84. The van der Waals surface area contributed by atoms with Crippen molar-refractivity contribution >= 4 is 11.2 Å². The van der Waals surface area contributed by atoms with Crippen LogP contribution >= 0.6 is 0 Å². The van der Waals surface area contributed by atoms with E-state index in [0.29, 0.717) is 17.3 Å². The first-order valence-corrected chi connectivity index (χ1v) is 6.63. The zero-order chi connectivity index (χ0) is 12.1. The van der Waals surface area contributed by atoms with Gasteiger partial charge in [0.1, 0.15) is 11.5 Å². The average molecular weight is 250 g/mol. The minimum absolute atomic E-state index is 0.528. The number of hydrogen-bond acceptors (Lipinski definition) is 3. The number of hydrogen-bond donors (Lipinski definition) is 1. The number of rotatable bonds is 5. The van der Waals surface area contributed by atoms with Gasteiger partial charge in [-0.25, -0.2) is 0 Å². The largest absolute Gasteiger partial charge is 0.609 e. The predicted molar refractivity (Wildman–Crippen MR) is 66.6 cm³/mol. The summed E-state index contributed by atoms with van der Waals surface area (Å²) in [6.07, 6.45) is 3.99. The molecule has 0 radical (unpaired) electrons. The van der Waals surface area contributed by atoms with Crippen LogP contribution in [-0.4, -0.2) is 27.4 Å². The minimum atomic E-state index is -1.09. The molecule has 1 heterocycles. The summed E-state index contributed by atoms with van der Waals surface area (Å²) in [6.45, 7) is 0. The quantitative estimate of drug-likeness (QED) is 0.823. The highest BCUT2D eigenvalue weighted by atomic mass is 32.2. The van der Waals surface area contributed by atoms with Crippen LogP contribution in [0.4, 0.5) is 0 Å². The first-order valence-electron chi connectivity index (χ1n) is 5.31. The van der Waals surface area contributed by atoms with Crippen LogP contribution in [0.2, 0.25) is 0 Å². The summed E-state index contributed by atoms with van der Waals surface area (Å²) in [5.74, 6) is 1.37. The van der Waals surface area contributed by atoms with Gasteiger partial charge in [-0.05, 0) is 11.6 Å². The zero-order valence-corrected chi connectivity index (χ0v) is 10.4. The molecule has 0 saturated heterocycles. The Bertz CT molecular complexity index is 459. The summed E-state index contributed by atoms with van der Waals surface area (Å²) in [5.41, 5.74) is 1.06. The fraction of sp³-hybridized carbons (Fsp3) is 0.250. The molecule has 0 amide bonds. The Hall–Kier alpha value is -1.46. The third-order valence-electron chi connectivity index (χ3n) is 2.44. The highest BCUT2D eigenvalue weighted by molar-refractivity contribution is 7.91. The van der Waals surface area contributed by atoms with E-state index in [1.165, 1.54) is 0 Å². The molecule has 4 nitrogen and oxygen atoms in total. The van der Waals surface area contributed by atoms with E-state index in [4.69, 9.17) is 4.74 Å². The molecule has 1 atom stereocenters. The Labute approximate surface area is 103 Å². The summed E-state index contributed by atoms with van der Waals surface area (Å²) in [7, 11) is 1.64. The van der Waals surface area contributed by atoms with Gasteiger partial charge in [0.2, 0.25) is 0 Å². The van der Waals surface area contributed by atoms with E-state index in [9.17, 15) is 4.55 Å². The lowest BCUT2D eigenvalue weighted by Crippen LogP contribution is -2.11. The Kier molecular flexibility index (Phi) is 4.06. The van der Waals surface area contributed by atoms with Crippen molar-refractivity contribution in [3.63, 3.8) is 0 Å². The Morgan fingerprint density at radius 3 is 2.94 bits per heavy atom. The number of ether oxygens (including phenoxy) is 1. The second kappa shape index (κ2) is 5.75. The van der Waals surface area contributed by atoms with E-state index < -0.39 is 11.2 Å². The second-order valence-corrected chi connectivity index (χ2v) is 4.99. The van der Waals surface area contributed by atoms with Crippen molar-refractivity contribution < 1.29 is 9.29 Å². The molecule has 2 aromatic rings. The maximum absolute atomic E-state index is 11.9. The predicted octanol–water partition coefficient (Wildman–Crippen LogP) is 1.77. The number of aryl methyl sites for hydroxylation is 1. The van der Waals surface area contributed by atoms with E-state index in [0.717, 1.165) is 11.3 Å². The fourth-order valence-electron chi connectivity index (χ4n) is 1.58. The molecule has 0 saturated carbocycles. The van der Waals surface area contributed by atoms with E-state index in [2.05, 4.69) is 9.97 Å². The summed E-state index contributed by atoms with van der Waals surface area (Å²) < 4.78 is 17.1. The van der Waals surface area contributed by atoms with Gasteiger partial charge in [0.05, 0.1) is 7.11 Å². The van der Waals surface area contributed by atoms with E-state index >= 15 is 0 Å². The highest BCUT2D eigenvalue weighted by Crippen LogP contribution is 2.19. The van der Waals surface area contributed by atoms with Crippen LogP contribution in [0.5, 0.6) is 5.75 Å². The molecule has 17 heavy (non-hydrogen) atoms. The molecular weight excluding hydrogens is 236 g/mol. The normalized spacial score (nSPS) is 12.4. The molecule has 2 rings (SSSR count). The van der Waals surface area contributed by atoms with Crippen LogP contribution in [0.1, 0.15) is 5.56 Å². The number of methoxy groups -OCH3 is 1. The molecule has 5 heteroatoms. The van der Waals surface area contributed by atoms with Crippen molar-refractivity contribution in [2.24, 2.45) is 0 Å². The molecule has 0 fully saturated rings. The lowest BCUT2D eigenvalue weighted by Gasteiger charge is -2.09. The Balaban J connectivity index is 1.98. The van der Waals surface area contributed by atoms with Crippen LogP contribution in [-0.2, 0) is 17.6 Å². The molecule has 1 aromatic carbocycles. The van der Waals surface area contributed by atoms with Gasteiger partial charge < -0.3 is 14.3 Å². The van der Waals surface area contributed by atoms with Gasteiger partial charge in [0.15, 0.2) is 0 Å². The monoisotopic (exact) mass is 250 g/mol. The number of para-hydroxylation sites is 1. The summed E-state index contributed by atoms with van der Waals surface area (Å²) in [6, 6.07) is 7.77. The van der Waals surface area contributed by atoms with Crippen LogP contribution in [0, 0.1) is 0 Å².